The van der Waals surface area contributed by atoms with Gasteiger partial charge in [0.25, 0.3) is 0 Å². The fourth-order valence-corrected chi connectivity index (χ4v) is 4.19. The summed E-state index contributed by atoms with van der Waals surface area (Å²) in [6.45, 7) is 0.449. The van der Waals surface area contributed by atoms with Crippen LogP contribution in [0.2, 0.25) is 0 Å². The number of rotatable bonds is 7. The number of hydrogen-bond acceptors (Lipinski definition) is 8. The third-order valence-electron chi connectivity index (χ3n) is 6.00. The molecule has 0 aliphatic carbocycles. The summed E-state index contributed by atoms with van der Waals surface area (Å²) >= 11 is 0. The summed E-state index contributed by atoms with van der Waals surface area (Å²) in [7, 11) is 2.89. The van der Waals surface area contributed by atoms with E-state index in [0.717, 1.165) is 15.8 Å². The Bertz CT molecular complexity index is 1540. The molecule has 0 fully saturated rings. The molecule has 184 valence electrons. The molecule has 36 heavy (non-hydrogen) atoms. The molecule has 1 atom stereocenters. The van der Waals surface area contributed by atoms with Gasteiger partial charge in [0.1, 0.15) is 17.7 Å². The standard InChI is InChI=1S/C25H24FN7O3/c1-35-20-10-16(17(26)11-21(20)36-2)22(30-14-7-8-15-13(9-14)12-29-23(15)28)24-31-25(34)33(32-24)19-6-4-3-5-18(19)27/h3-11,22,30H,12,27H2,1-2H3,(H2,28,29)(H,31,32,34)/t22-/m0/s1. The van der Waals surface area contributed by atoms with Gasteiger partial charge in [0.05, 0.1) is 32.1 Å². The SMILES string of the molecule is COc1cc(F)c([C@H](Nc2ccc3c(c2)CN=C3N)c2nn(-c3ccccc3N)c(=O)[nH]2)cc1OC. The number of H-pyrrole nitrogens is 1. The Morgan fingerprint density at radius 2 is 1.83 bits per heavy atom. The van der Waals surface area contributed by atoms with Crippen molar-refractivity contribution >= 4 is 17.2 Å². The number of hydrogen-bond donors (Lipinski definition) is 4. The molecule has 1 aromatic heterocycles. The maximum atomic E-state index is 15.4. The Morgan fingerprint density at radius 1 is 1.08 bits per heavy atom. The Balaban J connectivity index is 1.63. The number of aliphatic imine (C=N–C) groups is 1. The van der Waals surface area contributed by atoms with Crippen molar-refractivity contribution in [2.24, 2.45) is 10.7 Å². The van der Waals surface area contributed by atoms with Gasteiger partial charge in [-0.05, 0) is 42.0 Å². The zero-order chi connectivity index (χ0) is 25.4. The fourth-order valence-electron chi connectivity index (χ4n) is 4.19. The van der Waals surface area contributed by atoms with Crippen LogP contribution in [0.5, 0.6) is 11.5 Å². The van der Waals surface area contributed by atoms with Crippen LogP contribution in [0.4, 0.5) is 15.8 Å². The first kappa shape index (κ1) is 23.0. The lowest BCUT2D eigenvalue weighted by molar-refractivity contribution is 0.351. The number of fused-ring (bicyclic) bond motifs is 1. The third kappa shape index (κ3) is 4.00. The minimum absolute atomic E-state index is 0.172. The number of nitrogens with zero attached hydrogens (tertiary/aromatic N) is 3. The van der Waals surface area contributed by atoms with E-state index in [1.165, 1.54) is 26.4 Å². The predicted octanol–water partition coefficient (Wildman–Crippen LogP) is 2.72. The van der Waals surface area contributed by atoms with Crippen molar-refractivity contribution < 1.29 is 13.9 Å². The average Bonchev–Trinajstić information content (AvgIpc) is 3.44. The van der Waals surface area contributed by atoms with Crippen LogP contribution in [-0.2, 0) is 6.54 Å². The van der Waals surface area contributed by atoms with Crippen molar-refractivity contribution in [1.82, 2.24) is 14.8 Å². The highest BCUT2D eigenvalue weighted by Gasteiger charge is 2.26. The quantitative estimate of drug-likeness (QED) is 0.292. The summed E-state index contributed by atoms with van der Waals surface area (Å²) in [5, 5.41) is 7.75. The van der Waals surface area contributed by atoms with E-state index in [9.17, 15) is 4.79 Å². The Morgan fingerprint density at radius 3 is 2.58 bits per heavy atom. The van der Waals surface area contributed by atoms with Crippen molar-refractivity contribution in [1.29, 1.82) is 0 Å². The highest BCUT2D eigenvalue weighted by atomic mass is 19.1. The second-order valence-electron chi connectivity index (χ2n) is 8.17. The summed E-state index contributed by atoms with van der Waals surface area (Å²) < 4.78 is 27.2. The average molecular weight is 490 g/mol. The molecule has 1 aliphatic rings. The second-order valence-corrected chi connectivity index (χ2v) is 8.17. The first-order valence-electron chi connectivity index (χ1n) is 11.0. The number of amidine groups is 1. The summed E-state index contributed by atoms with van der Waals surface area (Å²) in [5.41, 5.74) is 14.9. The van der Waals surface area contributed by atoms with Crippen LogP contribution in [0, 0.1) is 5.82 Å². The molecular formula is C25H24FN7O3. The topological polar surface area (TPSA) is 146 Å². The molecule has 0 saturated heterocycles. The maximum absolute atomic E-state index is 15.4. The highest BCUT2D eigenvalue weighted by Crippen LogP contribution is 2.36. The van der Waals surface area contributed by atoms with E-state index < -0.39 is 17.5 Å². The summed E-state index contributed by atoms with van der Waals surface area (Å²) in [6, 6.07) is 14.2. The van der Waals surface area contributed by atoms with E-state index in [2.05, 4.69) is 20.4 Å². The first-order chi connectivity index (χ1) is 17.4. The summed E-state index contributed by atoms with van der Waals surface area (Å²) in [4.78, 5) is 19.9. The predicted molar refractivity (Wildman–Crippen MR) is 134 cm³/mol. The van der Waals surface area contributed by atoms with Gasteiger partial charge in [-0.1, -0.05) is 12.1 Å². The Kier molecular flexibility index (Phi) is 5.80. The maximum Gasteiger partial charge on any atom is 0.348 e. The van der Waals surface area contributed by atoms with E-state index in [0.29, 0.717) is 35.2 Å². The number of para-hydroxylation sites is 2. The van der Waals surface area contributed by atoms with E-state index in [-0.39, 0.29) is 17.1 Å². The lowest BCUT2D eigenvalue weighted by Crippen LogP contribution is -2.17. The van der Waals surface area contributed by atoms with E-state index in [4.69, 9.17) is 20.9 Å². The van der Waals surface area contributed by atoms with Crippen LogP contribution in [0.15, 0.2) is 64.4 Å². The minimum Gasteiger partial charge on any atom is -0.493 e. The van der Waals surface area contributed by atoms with Crippen molar-refractivity contribution in [3.05, 3.63) is 93.4 Å². The number of anilines is 2. The molecule has 2 heterocycles. The van der Waals surface area contributed by atoms with Crippen LogP contribution in [-0.4, -0.2) is 34.8 Å². The third-order valence-corrected chi connectivity index (χ3v) is 6.00. The van der Waals surface area contributed by atoms with Gasteiger partial charge in [-0.15, -0.1) is 5.10 Å². The Labute approximate surface area is 205 Å². The molecule has 0 spiro atoms. The molecule has 0 unspecified atom stereocenters. The largest absolute Gasteiger partial charge is 0.493 e. The summed E-state index contributed by atoms with van der Waals surface area (Å²) in [5.74, 6) is 0.630. The molecule has 6 N–H and O–H groups in total. The van der Waals surface area contributed by atoms with Gasteiger partial charge in [-0.2, -0.15) is 4.68 Å². The lowest BCUT2D eigenvalue weighted by Gasteiger charge is -2.21. The van der Waals surface area contributed by atoms with Gasteiger partial charge in [-0.25, -0.2) is 9.18 Å². The number of benzene rings is 3. The van der Waals surface area contributed by atoms with Gasteiger partial charge in [0.15, 0.2) is 17.3 Å². The van der Waals surface area contributed by atoms with Crippen LogP contribution >= 0.6 is 0 Å². The van der Waals surface area contributed by atoms with Gasteiger partial charge in [0, 0.05) is 22.9 Å². The van der Waals surface area contributed by atoms with Crippen LogP contribution in [0.1, 0.15) is 28.6 Å². The van der Waals surface area contributed by atoms with Crippen LogP contribution < -0.4 is 31.9 Å². The fraction of sp³-hybridized carbons (Fsp3) is 0.160. The number of aromatic amines is 1. The number of methoxy groups -OCH3 is 2. The van der Waals surface area contributed by atoms with E-state index >= 15 is 4.39 Å². The van der Waals surface area contributed by atoms with E-state index in [1.54, 1.807) is 24.3 Å². The number of nitrogens with one attached hydrogen (secondary N) is 2. The molecular weight excluding hydrogens is 465 g/mol. The molecule has 4 aromatic rings. The van der Waals surface area contributed by atoms with Crippen molar-refractivity contribution in [3.8, 4) is 17.2 Å². The molecule has 0 amide bonds. The normalized spacial score (nSPS) is 13.1. The van der Waals surface area contributed by atoms with Gasteiger partial charge in [0.2, 0.25) is 0 Å². The van der Waals surface area contributed by atoms with Gasteiger partial charge < -0.3 is 26.3 Å². The number of nitrogen functional groups attached to an aromatic ring is 1. The molecule has 0 bridgehead atoms. The molecule has 3 aromatic carbocycles. The van der Waals surface area contributed by atoms with Crippen LogP contribution in [0.25, 0.3) is 5.69 Å². The van der Waals surface area contributed by atoms with Gasteiger partial charge in [-0.3, -0.25) is 9.98 Å². The summed E-state index contributed by atoms with van der Waals surface area (Å²) in [6.07, 6.45) is 0. The first-order valence-corrected chi connectivity index (χ1v) is 11.0. The lowest BCUT2D eigenvalue weighted by atomic mass is 10.0. The molecule has 5 rings (SSSR count). The zero-order valence-corrected chi connectivity index (χ0v) is 19.6. The second kappa shape index (κ2) is 9.10. The molecule has 10 nitrogen and oxygen atoms in total. The van der Waals surface area contributed by atoms with Crippen LogP contribution in [0.3, 0.4) is 0 Å². The molecule has 11 heteroatoms. The number of aromatic nitrogens is 3. The number of nitrogens with two attached hydrogens (primary N) is 2. The van der Waals surface area contributed by atoms with Crippen molar-refractivity contribution in [2.75, 3.05) is 25.3 Å². The number of ether oxygens (including phenoxy) is 2. The zero-order valence-electron chi connectivity index (χ0n) is 19.6. The van der Waals surface area contributed by atoms with Crippen molar-refractivity contribution in [3.63, 3.8) is 0 Å². The molecule has 0 saturated carbocycles. The highest BCUT2D eigenvalue weighted by molar-refractivity contribution is 6.01. The van der Waals surface area contributed by atoms with Crippen molar-refractivity contribution in [2.45, 2.75) is 12.6 Å². The Hall–Kier alpha value is -4.80. The van der Waals surface area contributed by atoms with Gasteiger partial charge >= 0.3 is 5.69 Å². The molecule has 1 aliphatic heterocycles. The number of halogens is 1. The van der Waals surface area contributed by atoms with E-state index in [1.807, 2.05) is 18.2 Å². The molecule has 0 radical (unpaired) electrons. The monoisotopic (exact) mass is 489 g/mol. The minimum atomic E-state index is -0.901. The smallest absolute Gasteiger partial charge is 0.348 e.